The van der Waals surface area contributed by atoms with Gasteiger partial charge < -0.3 is 18.9 Å². The molecule has 0 unspecified atom stereocenters. The molecule has 0 aliphatic heterocycles. The number of nitriles is 1. The molecule has 2 aromatic carbocycles. The number of carbonyl (C=O) groups is 2. The summed E-state index contributed by atoms with van der Waals surface area (Å²) < 4.78 is 21.4. The normalized spacial score (nSPS) is 10.9. The van der Waals surface area contributed by atoms with Gasteiger partial charge in [0.05, 0.1) is 13.2 Å². The molecule has 2 rings (SSSR count). The van der Waals surface area contributed by atoms with Gasteiger partial charge in [-0.2, -0.15) is 5.26 Å². The molecule has 2 aromatic rings. The van der Waals surface area contributed by atoms with Crippen molar-refractivity contribution in [3.8, 4) is 23.3 Å². The van der Waals surface area contributed by atoms with Gasteiger partial charge in [-0.25, -0.2) is 9.59 Å². The number of esters is 2. The molecule has 168 valence electrons. The fraction of sp³-hybridized carbons (Fsp3) is 0.320. The Kier molecular flexibility index (Phi) is 9.30. The van der Waals surface area contributed by atoms with Gasteiger partial charge in [0.1, 0.15) is 17.4 Å². The monoisotopic (exact) mass is 437 g/mol. The first-order chi connectivity index (χ1) is 15.4. The maximum atomic E-state index is 12.3. The van der Waals surface area contributed by atoms with Gasteiger partial charge in [-0.1, -0.05) is 32.0 Å². The number of nitrogens with zero attached hydrogens (tertiary/aromatic N) is 1. The van der Waals surface area contributed by atoms with Crippen LogP contribution >= 0.6 is 0 Å². The van der Waals surface area contributed by atoms with Crippen molar-refractivity contribution in [2.24, 2.45) is 0 Å². The van der Waals surface area contributed by atoms with Gasteiger partial charge in [-0.3, -0.25) is 0 Å². The maximum Gasteiger partial charge on any atom is 0.349 e. The third-order valence-corrected chi connectivity index (χ3v) is 4.30. The molecule has 7 nitrogen and oxygen atoms in total. The van der Waals surface area contributed by atoms with E-state index >= 15 is 0 Å². The highest BCUT2D eigenvalue weighted by molar-refractivity contribution is 5.98. The second kappa shape index (κ2) is 12.2. The molecule has 0 atom stereocenters. The summed E-state index contributed by atoms with van der Waals surface area (Å²) in [5.41, 5.74) is 1.49. The van der Waals surface area contributed by atoms with Crippen LogP contribution in [0.5, 0.6) is 17.2 Å². The molecule has 0 heterocycles. The van der Waals surface area contributed by atoms with Crippen LogP contribution in [0, 0.1) is 11.3 Å². The fourth-order valence-electron chi connectivity index (χ4n) is 2.74. The molecular weight excluding hydrogens is 410 g/mol. The highest BCUT2D eigenvalue weighted by Gasteiger charge is 2.14. The molecule has 0 fully saturated rings. The Bertz CT molecular complexity index is 1020. The van der Waals surface area contributed by atoms with E-state index in [0.717, 1.165) is 5.56 Å². The molecule has 0 aliphatic carbocycles. The molecule has 0 N–H and O–H groups in total. The summed E-state index contributed by atoms with van der Waals surface area (Å²) in [5, 5.41) is 9.20. The van der Waals surface area contributed by atoms with Crippen molar-refractivity contribution in [2.45, 2.75) is 33.6 Å². The van der Waals surface area contributed by atoms with Crippen LogP contribution in [0.2, 0.25) is 0 Å². The van der Waals surface area contributed by atoms with Gasteiger partial charge in [0.25, 0.3) is 0 Å². The Balaban J connectivity index is 2.12. The molecule has 0 spiro atoms. The standard InChI is InChI=1S/C25H27NO6/c1-5-29-23-13-18(12-20(15-26)25(28)30-6-2)10-11-22(23)32-24(27)16-31-21-9-7-8-19(14-21)17(3)4/h7-14,17H,5-6,16H2,1-4H3/b20-12+. The van der Waals surface area contributed by atoms with Crippen molar-refractivity contribution in [3.63, 3.8) is 0 Å². The SMILES string of the molecule is CCOC(=O)/C(C#N)=C/c1ccc(OC(=O)COc2cccc(C(C)C)c2)c(OCC)c1. The zero-order valence-electron chi connectivity index (χ0n) is 18.7. The van der Waals surface area contributed by atoms with Crippen LogP contribution in [0.4, 0.5) is 0 Å². The van der Waals surface area contributed by atoms with E-state index in [1.165, 1.54) is 12.1 Å². The Labute approximate surface area is 188 Å². The Morgan fingerprint density at radius 2 is 1.81 bits per heavy atom. The van der Waals surface area contributed by atoms with Crippen LogP contribution in [0.1, 0.15) is 44.7 Å². The van der Waals surface area contributed by atoms with E-state index in [2.05, 4.69) is 13.8 Å². The molecule has 0 saturated carbocycles. The zero-order valence-corrected chi connectivity index (χ0v) is 18.7. The van der Waals surface area contributed by atoms with E-state index in [0.29, 0.717) is 29.6 Å². The van der Waals surface area contributed by atoms with E-state index in [1.54, 1.807) is 32.0 Å². The third kappa shape index (κ3) is 7.17. The van der Waals surface area contributed by atoms with E-state index in [9.17, 15) is 14.9 Å². The Morgan fingerprint density at radius 1 is 1.03 bits per heavy atom. The fourth-order valence-corrected chi connectivity index (χ4v) is 2.74. The summed E-state index contributed by atoms with van der Waals surface area (Å²) in [6, 6.07) is 14.1. The number of hydrogen-bond acceptors (Lipinski definition) is 7. The number of ether oxygens (including phenoxy) is 4. The van der Waals surface area contributed by atoms with Crippen LogP contribution in [0.25, 0.3) is 6.08 Å². The quantitative estimate of drug-likeness (QED) is 0.231. The van der Waals surface area contributed by atoms with Gasteiger partial charge in [0.2, 0.25) is 0 Å². The summed E-state index contributed by atoms with van der Waals surface area (Å²) in [5.74, 6) is 0.148. The van der Waals surface area contributed by atoms with Crippen LogP contribution in [0.15, 0.2) is 48.0 Å². The molecular formula is C25H27NO6. The first-order valence-corrected chi connectivity index (χ1v) is 10.4. The van der Waals surface area contributed by atoms with Crippen molar-refractivity contribution in [1.29, 1.82) is 5.26 Å². The predicted molar refractivity (Wildman–Crippen MR) is 119 cm³/mol. The number of hydrogen-bond donors (Lipinski definition) is 0. The summed E-state index contributed by atoms with van der Waals surface area (Å²) in [7, 11) is 0. The van der Waals surface area contributed by atoms with E-state index in [1.807, 2.05) is 24.3 Å². The van der Waals surface area contributed by atoms with Crippen LogP contribution in [-0.2, 0) is 14.3 Å². The first kappa shape index (κ1) is 24.5. The second-order valence-electron chi connectivity index (χ2n) is 7.02. The van der Waals surface area contributed by atoms with Gasteiger partial charge in [0.15, 0.2) is 18.1 Å². The first-order valence-electron chi connectivity index (χ1n) is 10.4. The minimum Gasteiger partial charge on any atom is -0.490 e. The number of benzene rings is 2. The average Bonchev–Trinajstić information content (AvgIpc) is 2.78. The minimum absolute atomic E-state index is 0.143. The summed E-state index contributed by atoms with van der Waals surface area (Å²) >= 11 is 0. The topological polar surface area (TPSA) is 94.9 Å². The van der Waals surface area contributed by atoms with Crippen LogP contribution in [-0.4, -0.2) is 31.8 Å². The van der Waals surface area contributed by atoms with Crippen molar-refractivity contribution in [3.05, 3.63) is 59.2 Å². The lowest BCUT2D eigenvalue weighted by molar-refractivity contribution is -0.138. The predicted octanol–water partition coefficient (Wildman–Crippen LogP) is 4.66. The van der Waals surface area contributed by atoms with Crippen molar-refractivity contribution >= 4 is 18.0 Å². The lowest BCUT2D eigenvalue weighted by Crippen LogP contribution is -2.18. The van der Waals surface area contributed by atoms with E-state index in [4.69, 9.17) is 18.9 Å². The van der Waals surface area contributed by atoms with Crippen LogP contribution in [0.3, 0.4) is 0 Å². The van der Waals surface area contributed by atoms with Crippen molar-refractivity contribution < 1.29 is 28.5 Å². The molecule has 0 aliphatic rings. The highest BCUT2D eigenvalue weighted by Crippen LogP contribution is 2.30. The summed E-state index contributed by atoms with van der Waals surface area (Å²) in [4.78, 5) is 24.1. The molecule has 32 heavy (non-hydrogen) atoms. The molecule has 0 saturated heterocycles. The lowest BCUT2D eigenvalue weighted by Gasteiger charge is -2.13. The molecule has 7 heteroatoms. The highest BCUT2D eigenvalue weighted by atomic mass is 16.6. The zero-order chi connectivity index (χ0) is 23.5. The smallest absolute Gasteiger partial charge is 0.349 e. The van der Waals surface area contributed by atoms with Gasteiger partial charge >= 0.3 is 11.9 Å². The lowest BCUT2D eigenvalue weighted by atomic mass is 10.0. The summed E-state index contributed by atoms with van der Waals surface area (Å²) in [6.07, 6.45) is 1.39. The molecule has 0 amide bonds. The Morgan fingerprint density at radius 3 is 2.47 bits per heavy atom. The largest absolute Gasteiger partial charge is 0.490 e. The third-order valence-electron chi connectivity index (χ3n) is 4.30. The number of carbonyl (C=O) groups excluding carboxylic acids is 2. The maximum absolute atomic E-state index is 12.3. The Hall–Kier alpha value is -3.79. The van der Waals surface area contributed by atoms with Crippen molar-refractivity contribution in [1.82, 2.24) is 0 Å². The van der Waals surface area contributed by atoms with E-state index in [-0.39, 0.29) is 24.5 Å². The van der Waals surface area contributed by atoms with Gasteiger partial charge in [-0.05, 0) is 61.2 Å². The average molecular weight is 437 g/mol. The molecule has 0 bridgehead atoms. The molecule has 0 radical (unpaired) electrons. The second-order valence-corrected chi connectivity index (χ2v) is 7.02. The van der Waals surface area contributed by atoms with Crippen LogP contribution < -0.4 is 14.2 Å². The van der Waals surface area contributed by atoms with Gasteiger partial charge in [0, 0.05) is 0 Å². The van der Waals surface area contributed by atoms with Crippen molar-refractivity contribution in [2.75, 3.05) is 19.8 Å². The van der Waals surface area contributed by atoms with E-state index < -0.39 is 11.9 Å². The molecule has 0 aromatic heterocycles. The minimum atomic E-state index is -0.706. The number of rotatable bonds is 10. The van der Waals surface area contributed by atoms with Gasteiger partial charge in [-0.15, -0.1) is 0 Å². The summed E-state index contributed by atoms with van der Waals surface area (Å²) in [6.45, 7) is 7.84.